The Bertz CT molecular complexity index is 818. The average Bonchev–Trinajstić information content (AvgIpc) is 3.18. The van der Waals surface area contributed by atoms with Gasteiger partial charge in [0.15, 0.2) is 5.96 Å². The molecular weight excluding hydrogens is 378 g/mol. The molecule has 1 aromatic carbocycles. The highest BCUT2D eigenvalue weighted by Gasteiger charge is 2.28. The molecule has 8 heteroatoms. The summed E-state index contributed by atoms with van der Waals surface area (Å²) in [6.07, 6.45) is 5.60. The van der Waals surface area contributed by atoms with Gasteiger partial charge in [-0.2, -0.15) is 5.10 Å². The van der Waals surface area contributed by atoms with Crippen LogP contribution < -0.4 is 5.32 Å². The number of aromatic nitrogens is 2. The molecule has 1 aromatic heterocycles. The number of likely N-dealkylation sites (tertiary alicyclic amines) is 1. The maximum absolute atomic E-state index is 12.1. The first kappa shape index (κ1) is 20.2. The quantitative estimate of drug-likeness (QED) is 0.472. The fraction of sp³-hybridized carbons (Fsp3) is 0.450. The third-order valence-corrected chi connectivity index (χ3v) is 4.98. The average molecular weight is 404 g/mol. The first-order chi connectivity index (χ1) is 13.6. The third-order valence-electron chi connectivity index (χ3n) is 4.73. The highest BCUT2D eigenvalue weighted by molar-refractivity contribution is 6.30. The number of hydrogen-bond acceptors (Lipinski definition) is 4. The Labute approximate surface area is 170 Å². The van der Waals surface area contributed by atoms with Gasteiger partial charge in [0.25, 0.3) is 0 Å². The minimum absolute atomic E-state index is 0.0973. The second kappa shape index (κ2) is 9.59. The maximum atomic E-state index is 12.1. The van der Waals surface area contributed by atoms with E-state index in [0.717, 1.165) is 36.6 Å². The molecule has 2 heterocycles. The van der Waals surface area contributed by atoms with Gasteiger partial charge >= 0.3 is 5.97 Å². The van der Waals surface area contributed by atoms with Crippen LogP contribution in [0.1, 0.15) is 25.3 Å². The summed E-state index contributed by atoms with van der Waals surface area (Å²) in [7, 11) is 1.76. The summed E-state index contributed by atoms with van der Waals surface area (Å²) in [4.78, 5) is 18.6. The van der Waals surface area contributed by atoms with Gasteiger partial charge in [0.05, 0.1) is 24.4 Å². The summed E-state index contributed by atoms with van der Waals surface area (Å²) in [6, 6.07) is 7.53. The van der Waals surface area contributed by atoms with Crippen LogP contribution in [-0.2, 0) is 16.1 Å². The van der Waals surface area contributed by atoms with Crippen molar-refractivity contribution in [3.8, 4) is 5.69 Å². The van der Waals surface area contributed by atoms with E-state index in [0.29, 0.717) is 24.7 Å². The lowest BCUT2D eigenvalue weighted by atomic mass is 9.98. The highest BCUT2D eigenvalue weighted by Crippen LogP contribution is 2.18. The monoisotopic (exact) mass is 403 g/mol. The van der Waals surface area contributed by atoms with Crippen LogP contribution in [0.2, 0.25) is 5.02 Å². The maximum Gasteiger partial charge on any atom is 0.310 e. The SMILES string of the molecule is CCOC(=O)[C@H]1CCCN(C(=NC)NCc2cnn(-c3ccc(Cl)cc3)c2)C1. The predicted octanol–water partition coefficient (Wildman–Crippen LogP) is 2.88. The molecule has 0 saturated carbocycles. The number of carbonyl (C=O) groups is 1. The molecule has 1 saturated heterocycles. The van der Waals surface area contributed by atoms with E-state index in [1.54, 1.807) is 7.05 Å². The summed E-state index contributed by atoms with van der Waals surface area (Å²) < 4.78 is 6.99. The zero-order valence-corrected chi connectivity index (χ0v) is 17.0. The number of nitrogens with zero attached hydrogens (tertiary/aromatic N) is 4. The van der Waals surface area contributed by atoms with Crippen molar-refractivity contribution in [1.29, 1.82) is 0 Å². The Kier molecular flexibility index (Phi) is 6.92. The van der Waals surface area contributed by atoms with Crippen molar-refractivity contribution in [2.24, 2.45) is 10.9 Å². The lowest BCUT2D eigenvalue weighted by molar-refractivity contribution is -0.149. The second-order valence-corrected chi connectivity index (χ2v) is 7.14. The topological polar surface area (TPSA) is 71.8 Å². The first-order valence-electron chi connectivity index (χ1n) is 9.52. The third kappa shape index (κ3) is 5.04. The van der Waals surface area contributed by atoms with E-state index < -0.39 is 0 Å². The molecular formula is C20H26ClN5O2. The smallest absolute Gasteiger partial charge is 0.310 e. The molecule has 28 heavy (non-hydrogen) atoms. The number of benzene rings is 1. The molecule has 1 atom stereocenters. The van der Waals surface area contributed by atoms with Gasteiger partial charge in [-0.05, 0) is 44.0 Å². The molecule has 1 aliphatic heterocycles. The van der Waals surface area contributed by atoms with Gasteiger partial charge in [-0.15, -0.1) is 0 Å². The van der Waals surface area contributed by atoms with Gasteiger partial charge in [-0.25, -0.2) is 4.68 Å². The highest BCUT2D eigenvalue weighted by atomic mass is 35.5. The first-order valence-corrected chi connectivity index (χ1v) is 9.90. The van der Waals surface area contributed by atoms with Gasteiger partial charge in [-0.3, -0.25) is 9.79 Å². The molecule has 0 aliphatic carbocycles. The van der Waals surface area contributed by atoms with Crippen molar-refractivity contribution in [2.45, 2.75) is 26.3 Å². The Balaban J connectivity index is 1.58. The molecule has 3 rings (SSSR count). The Morgan fingerprint density at radius 1 is 1.39 bits per heavy atom. The number of guanidine groups is 1. The van der Waals surface area contributed by atoms with E-state index in [2.05, 4.69) is 20.3 Å². The lowest BCUT2D eigenvalue weighted by Crippen LogP contribution is -2.48. The van der Waals surface area contributed by atoms with Gasteiger partial charge in [0.1, 0.15) is 0 Å². The van der Waals surface area contributed by atoms with Crippen LogP contribution in [0.25, 0.3) is 5.69 Å². The molecule has 0 bridgehead atoms. The van der Waals surface area contributed by atoms with Crippen LogP contribution in [0.15, 0.2) is 41.7 Å². The number of hydrogen-bond donors (Lipinski definition) is 1. The summed E-state index contributed by atoms with van der Waals surface area (Å²) in [6.45, 7) is 4.35. The second-order valence-electron chi connectivity index (χ2n) is 6.71. The van der Waals surface area contributed by atoms with Crippen LogP contribution in [-0.4, -0.2) is 53.4 Å². The Morgan fingerprint density at radius 2 is 2.18 bits per heavy atom. The van der Waals surface area contributed by atoms with Crippen molar-refractivity contribution in [2.75, 3.05) is 26.7 Å². The van der Waals surface area contributed by atoms with Crippen LogP contribution in [0.3, 0.4) is 0 Å². The Morgan fingerprint density at radius 3 is 2.89 bits per heavy atom. The lowest BCUT2D eigenvalue weighted by Gasteiger charge is -2.33. The van der Waals surface area contributed by atoms with Crippen molar-refractivity contribution in [1.82, 2.24) is 20.0 Å². The number of ether oxygens (including phenoxy) is 1. The predicted molar refractivity (Wildman–Crippen MR) is 110 cm³/mol. The number of nitrogens with one attached hydrogen (secondary N) is 1. The normalized spacial score (nSPS) is 17.5. The zero-order chi connectivity index (χ0) is 19.9. The fourth-order valence-electron chi connectivity index (χ4n) is 3.32. The summed E-state index contributed by atoms with van der Waals surface area (Å²) in [5.74, 6) is 0.569. The minimum Gasteiger partial charge on any atom is -0.466 e. The van der Waals surface area contributed by atoms with Crippen molar-refractivity contribution < 1.29 is 9.53 Å². The number of piperidine rings is 1. The van der Waals surface area contributed by atoms with Gasteiger partial charge in [0, 0.05) is 43.5 Å². The molecule has 0 unspecified atom stereocenters. The summed E-state index contributed by atoms with van der Waals surface area (Å²) >= 11 is 5.94. The van der Waals surface area contributed by atoms with Crippen molar-refractivity contribution >= 4 is 23.5 Å². The van der Waals surface area contributed by atoms with Crippen molar-refractivity contribution in [3.05, 3.63) is 47.2 Å². The Hall–Kier alpha value is -2.54. The van der Waals surface area contributed by atoms with Crippen molar-refractivity contribution in [3.63, 3.8) is 0 Å². The van der Waals surface area contributed by atoms with Crippen LogP contribution in [0.5, 0.6) is 0 Å². The fourth-order valence-corrected chi connectivity index (χ4v) is 3.45. The molecule has 0 amide bonds. The van der Waals surface area contributed by atoms with Crippen LogP contribution in [0.4, 0.5) is 0 Å². The molecule has 7 nitrogen and oxygen atoms in total. The number of carbonyl (C=O) groups excluding carboxylic acids is 1. The molecule has 0 radical (unpaired) electrons. The molecule has 1 N–H and O–H groups in total. The number of aliphatic imine (C=N–C) groups is 1. The summed E-state index contributed by atoms with van der Waals surface area (Å²) in [5.41, 5.74) is 1.99. The zero-order valence-electron chi connectivity index (χ0n) is 16.3. The van der Waals surface area contributed by atoms with Gasteiger partial charge in [0.2, 0.25) is 0 Å². The molecule has 1 fully saturated rings. The summed E-state index contributed by atoms with van der Waals surface area (Å²) in [5, 5.41) is 8.48. The molecule has 1 aliphatic rings. The van der Waals surface area contributed by atoms with E-state index in [-0.39, 0.29) is 11.9 Å². The van der Waals surface area contributed by atoms with E-state index in [1.165, 1.54) is 0 Å². The standard InChI is InChI=1S/C20H26ClN5O2/c1-3-28-19(27)16-5-4-10-25(14-16)20(22-2)23-11-15-12-24-26(13-15)18-8-6-17(21)7-9-18/h6-9,12-13,16H,3-5,10-11,14H2,1-2H3,(H,22,23)/t16-/m0/s1. The number of esters is 1. The van der Waals surface area contributed by atoms with E-state index in [4.69, 9.17) is 16.3 Å². The number of rotatable bonds is 5. The minimum atomic E-state index is -0.119. The molecule has 0 spiro atoms. The van der Waals surface area contributed by atoms with Crippen LogP contribution in [0, 0.1) is 5.92 Å². The van der Waals surface area contributed by atoms with E-state index in [9.17, 15) is 4.79 Å². The van der Waals surface area contributed by atoms with E-state index >= 15 is 0 Å². The van der Waals surface area contributed by atoms with Crippen LogP contribution >= 0.6 is 11.6 Å². The molecule has 2 aromatic rings. The van der Waals surface area contributed by atoms with Gasteiger partial charge in [-0.1, -0.05) is 11.6 Å². The number of halogens is 1. The van der Waals surface area contributed by atoms with Gasteiger partial charge < -0.3 is 15.0 Å². The largest absolute Gasteiger partial charge is 0.466 e. The molecule has 150 valence electrons. The van der Waals surface area contributed by atoms with E-state index in [1.807, 2.05) is 48.3 Å².